The highest BCUT2D eigenvalue weighted by Gasteiger charge is 2.30. The number of carbonyl (C=O) groups is 1. The summed E-state index contributed by atoms with van der Waals surface area (Å²) >= 11 is 6.40. The first-order chi connectivity index (χ1) is 11.5. The minimum Gasteiger partial charge on any atom is -0.506 e. The second kappa shape index (κ2) is 8.86. The van der Waals surface area contributed by atoms with Crippen molar-refractivity contribution in [3.05, 3.63) is 56.5 Å². The molecule has 134 valence electrons. The Morgan fingerprint density at radius 1 is 1.20 bits per heavy atom. The van der Waals surface area contributed by atoms with Gasteiger partial charge < -0.3 is 21.0 Å². The van der Waals surface area contributed by atoms with Crippen LogP contribution in [0.25, 0.3) is 0 Å². The van der Waals surface area contributed by atoms with Gasteiger partial charge in [-0.25, -0.2) is 0 Å². The Labute approximate surface area is 157 Å². The molecular formula is C15H11Br2F3N2O3. The summed E-state index contributed by atoms with van der Waals surface area (Å²) in [5.74, 6) is -0.991. The van der Waals surface area contributed by atoms with Gasteiger partial charge in [0.2, 0.25) is 5.91 Å². The van der Waals surface area contributed by atoms with Gasteiger partial charge in [0.05, 0.1) is 4.47 Å². The molecule has 0 aliphatic rings. The third kappa shape index (κ3) is 7.14. The lowest BCUT2D eigenvalue weighted by molar-refractivity contribution is -0.274. The number of aromatic hydroxyl groups is 1. The normalized spacial score (nSPS) is 10.4. The molecule has 2 aromatic rings. The molecule has 0 aliphatic carbocycles. The molecule has 0 fully saturated rings. The number of primary amides is 1. The van der Waals surface area contributed by atoms with E-state index in [1.807, 2.05) is 0 Å². The van der Waals surface area contributed by atoms with Gasteiger partial charge in [-0.2, -0.15) is 0 Å². The third-order valence-electron chi connectivity index (χ3n) is 2.59. The molecule has 10 heteroatoms. The van der Waals surface area contributed by atoms with Crippen LogP contribution in [0.15, 0.2) is 45.3 Å². The Morgan fingerprint density at radius 3 is 2.20 bits per heavy atom. The standard InChI is InChI=1S/C8H6F3NO2.C7H5Br2NO/c9-8(10,11)14-6-3-1-5(2-4-6)7(12)13;8-5-1-4(3-10)7(11)6(9)2-5/h1-4H,(H2,12,13);1-3,10-11H. The monoisotopic (exact) mass is 482 g/mol. The third-order valence-corrected chi connectivity index (χ3v) is 3.65. The zero-order valence-corrected chi connectivity index (χ0v) is 15.4. The fourth-order valence-electron chi connectivity index (χ4n) is 1.52. The molecule has 0 saturated carbocycles. The molecule has 0 bridgehead atoms. The summed E-state index contributed by atoms with van der Waals surface area (Å²) in [5, 5.41) is 16.3. The quantitative estimate of drug-likeness (QED) is 0.556. The Balaban J connectivity index is 0.000000257. The summed E-state index contributed by atoms with van der Waals surface area (Å²) < 4.78 is 40.1. The largest absolute Gasteiger partial charge is 0.573 e. The maximum absolute atomic E-state index is 11.7. The van der Waals surface area contributed by atoms with Crippen molar-refractivity contribution >= 4 is 44.0 Å². The van der Waals surface area contributed by atoms with Gasteiger partial charge >= 0.3 is 6.36 Å². The summed E-state index contributed by atoms with van der Waals surface area (Å²) in [6, 6.07) is 7.75. The first kappa shape index (κ1) is 21.0. The second-order valence-electron chi connectivity index (χ2n) is 4.41. The van der Waals surface area contributed by atoms with E-state index in [9.17, 15) is 23.1 Å². The molecule has 0 unspecified atom stereocenters. The minimum atomic E-state index is -4.73. The number of nitrogens with two attached hydrogens (primary N) is 1. The number of amides is 1. The average molecular weight is 484 g/mol. The van der Waals surface area contributed by atoms with Crippen LogP contribution in [0.2, 0.25) is 0 Å². The number of hydrogen-bond donors (Lipinski definition) is 3. The Kier molecular flexibility index (Phi) is 7.43. The van der Waals surface area contributed by atoms with Crippen molar-refractivity contribution in [2.24, 2.45) is 5.73 Å². The van der Waals surface area contributed by atoms with Crippen molar-refractivity contribution in [2.45, 2.75) is 6.36 Å². The predicted molar refractivity (Wildman–Crippen MR) is 93.0 cm³/mol. The fraction of sp³-hybridized carbons (Fsp3) is 0.0667. The maximum Gasteiger partial charge on any atom is 0.573 e. The molecule has 0 aromatic heterocycles. The van der Waals surface area contributed by atoms with Gasteiger partial charge in [-0.05, 0) is 52.3 Å². The highest BCUT2D eigenvalue weighted by Crippen LogP contribution is 2.30. The Morgan fingerprint density at radius 2 is 1.76 bits per heavy atom. The molecule has 4 N–H and O–H groups in total. The molecular weight excluding hydrogens is 473 g/mol. The summed E-state index contributed by atoms with van der Waals surface area (Å²) in [7, 11) is 0. The second-order valence-corrected chi connectivity index (χ2v) is 6.18. The van der Waals surface area contributed by atoms with Crippen molar-refractivity contribution in [2.75, 3.05) is 0 Å². The Bertz CT molecular complexity index is 766. The van der Waals surface area contributed by atoms with E-state index in [1.165, 1.54) is 0 Å². The SMILES string of the molecule is N=Cc1cc(Br)cc(Br)c1O.NC(=O)c1ccc(OC(F)(F)F)cc1. The number of phenolic OH excluding ortho intramolecular Hbond substituents is 1. The van der Waals surface area contributed by atoms with E-state index in [4.69, 9.17) is 11.1 Å². The van der Waals surface area contributed by atoms with E-state index in [1.54, 1.807) is 12.1 Å². The summed E-state index contributed by atoms with van der Waals surface area (Å²) in [4.78, 5) is 10.6. The van der Waals surface area contributed by atoms with Gasteiger partial charge in [-0.15, -0.1) is 13.2 Å². The zero-order chi connectivity index (χ0) is 19.2. The van der Waals surface area contributed by atoms with Crippen LogP contribution in [0.5, 0.6) is 11.5 Å². The van der Waals surface area contributed by atoms with E-state index in [-0.39, 0.29) is 17.1 Å². The number of halogens is 5. The van der Waals surface area contributed by atoms with Crippen LogP contribution in [0.4, 0.5) is 13.2 Å². The van der Waals surface area contributed by atoms with Crippen LogP contribution in [-0.4, -0.2) is 23.6 Å². The lowest BCUT2D eigenvalue weighted by atomic mass is 10.2. The van der Waals surface area contributed by atoms with Gasteiger partial charge in [0, 0.05) is 21.8 Å². The zero-order valence-electron chi connectivity index (χ0n) is 12.3. The van der Waals surface area contributed by atoms with E-state index in [0.29, 0.717) is 10.0 Å². The number of benzene rings is 2. The Hall–Kier alpha value is -2.07. The summed E-state index contributed by atoms with van der Waals surface area (Å²) in [6.45, 7) is 0. The number of hydrogen-bond acceptors (Lipinski definition) is 4. The number of carbonyl (C=O) groups excluding carboxylic acids is 1. The maximum atomic E-state index is 11.7. The lowest BCUT2D eigenvalue weighted by Gasteiger charge is -2.08. The van der Waals surface area contributed by atoms with Gasteiger partial charge in [0.15, 0.2) is 0 Å². The number of ether oxygens (including phenoxy) is 1. The molecule has 2 rings (SSSR count). The summed E-state index contributed by atoms with van der Waals surface area (Å²) in [6.07, 6.45) is -3.63. The van der Waals surface area contributed by atoms with Crippen molar-refractivity contribution in [3.8, 4) is 11.5 Å². The molecule has 0 atom stereocenters. The molecule has 0 spiro atoms. The molecule has 0 radical (unpaired) electrons. The smallest absolute Gasteiger partial charge is 0.506 e. The van der Waals surface area contributed by atoms with Crippen molar-refractivity contribution in [1.29, 1.82) is 5.41 Å². The van der Waals surface area contributed by atoms with Crippen molar-refractivity contribution in [3.63, 3.8) is 0 Å². The number of nitrogens with one attached hydrogen (secondary N) is 1. The first-order valence-corrected chi connectivity index (χ1v) is 7.96. The first-order valence-electron chi connectivity index (χ1n) is 6.37. The van der Waals surface area contributed by atoms with Crippen LogP contribution in [-0.2, 0) is 0 Å². The van der Waals surface area contributed by atoms with Crippen molar-refractivity contribution < 1.29 is 27.8 Å². The summed E-state index contributed by atoms with van der Waals surface area (Å²) in [5.41, 5.74) is 5.51. The molecule has 5 nitrogen and oxygen atoms in total. The fourth-order valence-corrected chi connectivity index (χ4v) is 2.78. The van der Waals surface area contributed by atoms with Gasteiger partial charge in [0.25, 0.3) is 0 Å². The highest BCUT2D eigenvalue weighted by molar-refractivity contribution is 9.11. The number of rotatable bonds is 3. The number of alkyl halides is 3. The van der Waals surface area contributed by atoms with Crippen molar-refractivity contribution in [1.82, 2.24) is 0 Å². The van der Waals surface area contributed by atoms with Crippen LogP contribution >= 0.6 is 31.9 Å². The average Bonchev–Trinajstić information content (AvgIpc) is 2.50. The minimum absolute atomic E-state index is 0.100. The predicted octanol–water partition coefficient (Wildman–Crippen LogP) is 4.60. The molecule has 0 aliphatic heterocycles. The van der Waals surface area contributed by atoms with E-state index in [2.05, 4.69) is 36.6 Å². The van der Waals surface area contributed by atoms with Gasteiger partial charge in [-0.3, -0.25) is 4.79 Å². The van der Waals surface area contributed by atoms with Crippen LogP contribution in [0.1, 0.15) is 15.9 Å². The molecule has 0 heterocycles. The van der Waals surface area contributed by atoms with Gasteiger partial charge in [0.1, 0.15) is 11.5 Å². The topological polar surface area (TPSA) is 96.4 Å². The van der Waals surface area contributed by atoms with Crippen LogP contribution in [0.3, 0.4) is 0 Å². The molecule has 1 amide bonds. The highest BCUT2D eigenvalue weighted by atomic mass is 79.9. The van der Waals surface area contributed by atoms with Crippen LogP contribution in [0, 0.1) is 5.41 Å². The van der Waals surface area contributed by atoms with Crippen LogP contribution < -0.4 is 10.5 Å². The molecule has 0 saturated heterocycles. The van der Waals surface area contributed by atoms with Gasteiger partial charge in [-0.1, -0.05) is 15.9 Å². The van der Waals surface area contributed by atoms with E-state index >= 15 is 0 Å². The van der Waals surface area contributed by atoms with E-state index < -0.39 is 12.3 Å². The lowest BCUT2D eigenvalue weighted by Crippen LogP contribution is -2.17. The van der Waals surface area contributed by atoms with E-state index in [0.717, 1.165) is 35.0 Å². The molecule has 25 heavy (non-hydrogen) atoms. The number of phenols is 1. The molecule has 2 aromatic carbocycles.